The normalized spacial score (nSPS) is 16.5. The fraction of sp³-hybridized carbons (Fsp3) is 0.455. The van der Waals surface area contributed by atoms with Crippen molar-refractivity contribution in [1.29, 1.82) is 0 Å². The molecule has 0 aliphatic carbocycles. The highest BCUT2D eigenvalue weighted by molar-refractivity contribution is 5.46. The van der Waals surface area contributed by atoms with Crippen LogP contribution in [0.2, 0.25) is 0 Å². The molecule has 0 bridgehead atoms. The predicted octanol–water partition coefficient (Wildman–Crippen LogP) is 7.72. The summed E-state index contributed by atoms with van der Waals surface area (Å²) in [5.74, 6) is -40.4. The van der Waals surface area contributed by atoms with Gasteiger partial charge in [0.15, 0.2) is 0 Å². The second kappa shape index (κ2) is 9.82. The monoisotopic (exact) mass is 589 g/mol. The van der Waals surface area contributed by atoms with Gasteiger partial charge < -0.3 is 5.11 Å². The molecule has 0 radical (unpaired) electrons. The summed E-state index contributed by atoms with van der Waals surface area (Å²) in [6.07, 6.45) is -10.6. The Hall–Kier alpha value is -3.11. The third kappa shape index (κ3) is 5.00. The van der Waals surface area contributed by atoms with Gasteiger partial charge in [-0.05, 0) is 11.6 Å². The van der Waals surface area contributed by atoms with Crippen LogP contribution in [0, 0.1) is 10.1 Å². The molecule has 0 amide bonds. The Balaban J connectivity index is 2.77. The summed E-state index contributed by atoms with van der Waals surface area (Å²) in [5.41, 5.74) is -6.33. The molecule has 0 heterocycles. The van der Waals surface area contributed by atoms with Crippen LogP contribution in [0.5, 0.6) is 0 Å². The molecule has 0 fully saturated rings. The zero-order valence-electron chi connectivity index (χ0n) is 19.1. The quantitative estimate of drug-likeness (QED) is 0.176. The van der Waals surface area contributed by atoms with E-state index < -0.39 is 69.9 Å². The summed E-state index contributed by atoms with van der Waals surface area (Å²) in [7, 11) is 0. The minimum Gasteiger partial charge on any atom is -0.384 e. The van der Waals surface area contributed by atoms with E-state index in [-0.39, 0.29) is 5.56 Å². The van der Waals surface area contributed by atoms with Crippen molar-refractivity contribution in [1.82, 2.24) is 0 Å². The highest BCUT2D eigenvalue weighted by Crippen LogP contribution is 2.62. The highest BCUT2D eigenvalue weighted by Gasteiger charge is 2.91. The number of para-hydroxylation sites is 1. The van der Waals surface area contributed by atoms with E-state index in [1.54, 1.807) is 0 Å². The summed E-state index contributed by atoms with van der Waals surface area (Å²) in [6.45, 7) is 0.810. The number of aliphatic hydroxyl groups is 1. The summed E-state index contributed by atoms with van der Waals surface area (Å²) >= 11 is 0. The van der Waals surface area contributed by atoms with E-state index in [9.17, 15) is 72.3 Å². The maximum Gasteiger partial charge on any atom is 0.460 e. The number of hydrogen-bond donors (Lipinski definition) is 1. The molecular weight excluding hydrogens is 573 g/mol. The molecule has 0 aromatic heterocycles. The first-order chi connectivity index (χ1) is 17.4. The zero-order valence-corrected chi connectivity index (χ0v) is 19.1. The van der Waals surface area contributed by atoms with Crippen molar-refractivity contribution < 1.29 is 67.1 Å². The summed E-state index contributed by atoms with van der Waals surface area (Å²) in [5, 5.41) is 22.6. The zero-order chi connectivity index (χ0) is 30.5. The third-order valence-corrected chi connectivity index (χ3v) is 6.07. The van der Waals surface area contributed by atoms with E-state index in [4.69, 9.17) is 0 Å². The molecule has 0 saturated heterocycles. The lowest BCUT2D eigenvalue weighted by molar-refractivity contribution is -0.441. The molecule has 39 heavy (non-hydrogen) atoms. The molecule has 0 aliphatic rings. The van der Waals surface area contributed by atoms with Gasteiger partial charge in [0.05, 0.1) is 16.9 Å². The first-order valence-corrected chi connectivity index (χ1v) is 10.4. The van der Waals surface area contributed by atoms with E-state index in [0.717, 1.165) is 31.2 Å². The Labute approximate surface area is 210 Å². The van der Waals surface area contributed by atoms with Gasteiger partial charge in [-0.3, -0.25) is 10.1 Å². The van der Waals surface area contributed by atoms with Crippen LogP contribution in [0.15, 0.2) is 54.6 Å². The van der Waals surface area contributed by atoms with Crippen LogP contribution in [0.3, 0.4) is 0 Å². The van der Waals surface area contributed by atoms with Crippen molar-refractivity contribution in [2.75, 3.05) is 0 Å². The topological polar surface area (TPSA) is 63.4 Å². The number of nitrogens with zero attached hydrogens (tertiary/aromatic N) is 1. The Morgan fingerprint density at radius 3 is 1.62 bits per heavy atom. The van der Waals surface area contributed by atoms with Crippen LogP contribution in [-0.2, 0) is 5.60 Å². The number of nitro benzene ring substituents is 1. The molecule has 2 aromatic carbocycles. The number of alkyl halides is 13. The average molecular weight is 589 g/mol. The lowest BCUT2D eigenvalue weighted by atomic mass is 9.73. The Bertz CT molecular complexity index is 1190. The van der Waals surface area contributed by atoms with E-state index in [1.807, 2.05) is 0 Å². The highest BCUT2D eigenvalue weighted by atomic mass is 19.4. The van der Waals surface area contributed by atoms with Crippen LogP contribution in [-0.4, -0.2) is 45.8 Å². The smallest absolute Gasteiger partial charge is 0.384 e. The molecule has 0 aliphatic heterocycles. The van der Waals surface area contributed by atoms with Gasteiger partial charge in [-0.1, -0.05) is 49.4 Å². The van der Waals surface area contributed by atoms with Crippen LogP contribution in [0.4, 0.5) is 62.8 Å². The predicted molar refractivity (Wildman–Crippen MR) is 107 cm³/mol. The minimum absolute atomic E-state index is 0.224. The maximum absolute atomic E-state index is 14.9. The van der Waals surface area contributed by atoms with Crippen LogP contribution < -0.4 is 0 Å². The van der Waals surface area contributed by atoms with Crippen LogP contribution >= 0.6 is 0 Å². The molecule has 218 valence electrons. The molecule has 0 spiro atoms. The van der Waals surface area contributed by atoms with E-state index in [2.05, 4.69) is 0 Å². The number of halogens is 13. The summed E-state index contributed by atoms with van der Waals surface area (Å²) in [6, 6.07) is 8.85. The second-order valence-electron chi connectivity index (χ2n) is 8.51. The molecule has 1 N–H and O–H groups in total. The van der Waals surface area contributed by atoms with Crippen molar-refractivity contribution in [2.45, 2.75) is 60.7 Å². The molecule has 2 rings (SSSR count). The average Bonchev–Trinajstić information content (AvgIpc) is 2.82. The van der Waals surface area contributed by atoms with E-state index in [0.29, 0.717) is 12.1 Å². The van der Waals surface area contributed by atoms with E-state index in [1.165, 1.54) is 18.2 Å². The number of benzene rings is 2. The lowest BCUT2D eigenvalue weighted by Crippen LogP contribution is -2.70. The van der Waals surface area contributed by atoms with Crippen molar-refractivity contribution in [2.24, 2.45) is 0 Å². The van der Waals surface area contributed by atoms with Gasteiger partial charge in [0.2, 0.25) is 0 Å². The van der Waals surface area contributed by atoms with Gasteiger partial charge in [0.25, 0.3) is 5.69 Å². The van der Waals surface area contributed by atoms with Crippen LogP contribution in [0.25, 0.3) is 0 Å². The Kier molecular flexibility index (Phi) is 8.08. The molecule has 2 atom stereocenters. The maximum atomic E-state index is 14.9. The molecule has 17 heteroatoms. The SMILES string of the molecule is CC(c1ccccc1)C(O)(CC(F)(F)C(F)(F)C(F)(F)C(F)(F)C(F)(F)C(F)(F)F)c1ccccc1[N+](=O)[O-]. The van der Waals surface area contributed by atoms with Gasteiger partial charge in [-0.2, -0.15) is 57.1 Å². The molecule has 2 aromatic rings. The van der Waals surface area contributed by atoms with Crippen molar-refractivity contribution >= 4 is 5.69 Å². The standard InChI is InChI=1S/C22H16F13NO3/c1-12(13-7-3-2-4-8-13)16(37,14-9-5-6-10-15(14)36(38)39)11-17(23,24)18(25,26)19(27,28)20(29,30)21(31,32)22(33,34)35/h2-10,12,37H,11H2,1H3. The third-order valence-electron chi connectivity index (χ3n) is 6.07. The number of rotatable bonds is 10. The number of nitro groups is 1. The van der Waals surface area contributed by atoms with Gasteiger partial charge >= 0.3 is 35.8 Å². The largest absolute Gasteiger partial charge is 0.460 e. The summed E-state index contributed by atoms with van der Waals surface area (Å²) < 4.78 is 177. The summed E-state index contributed by atoms with van der Waals surface area (Å²) in [4.78, 5) is 10.1. The molecular formula is C22H16F13NO3. The first-order valence-electron chi connectivity index (χ1n) is 10.4. The van der Waals surface area contributed by atoms with Gasteiger partial charge in [0, 0.05) is 12.0 Å². The van der Waals surface area contributed by atoms with Gasteiger partial charge in [-0.25, -0.2) is 0 Å². The molecule has 0 saturated carbocycles. The number of hydrogen-bond acceptors (Lipinski definition) is 3. The van der Waals surface area contributed by atoms with Gasteiger partial charge in [-0.15, -0.1) is 0 Å². The van der Waals surface area contributed by atoms with Crippen LogP contribution in [0.1, 0.15) is 30.4 Å². The Morgan fingerprint density at radius 1 is 0.718 bits per heavy atom. The lowest BCUT2D eigenvalue weighted by Gasteiger charge is -2.43. The fourth-order valence-corrected chi connectivity index (χ4v) is 3.75. The van der Waals surface area contributed by atoms with Crippen molar-refractivity contribution in [3.63, 3.8) is 0 Å². The second-order valence-corrected chi connectivity index (χ2v) is 8.51. The van der Waals surface area contributed by atoms with Gasteiger partial charge in [0.1, 0.15) is 5.60 Å². The van der Waals surface area contributed by atoms with Crippen molar-refractivity contribution in [3.05, 3.63) is 75.8 Å². The molecule has 2 unspecified atom stereocenters. The fourth-order valence-electron chi connectivity index (χ4n) is 3.75. The Morgan fingerprint density at radius 2 is 1.15 bits per heavy atom. The molecule has 4 nitrogen and oxygen atoms in total. The van der Waals surface area contributed by atoms with E-state index >= 15 is 0 Å². The first kappa shape index (κ1) is 32.1. The minimum atomic E-state index is -8.12. The van der Waals surface area contributed by atoms with Crippen molar-refractivity contribution in [3.8, 4) is 0 Å².